The highest BCUT2D eigenvalue weighted by molar-refractivity contribution is 6.25. The van der Waals surface area contributed by atoms with Crippen molar-refractivity contribution < 1.29 is 0 Å². The standard InChI is InChI=1S/C6H3N2/c1-2-5-4-7-8-6(5)3-1/h1-3H. The summed E-state index contributed by atoms with van der Waals surface area (Å²) in [6, 6.07) is 0. The summed E-state index contributed by atoms with van der Waals surface area (Å²) in [4.78, 5) is 0. The lowest BCUT2D eigenvalue weighted by molar-refractivity contribution is 1.28. The Morgan fingerprint density at radius 2 is 2.50 bits per heavy atom. The van der Waals surface area contributed by atoms with Crippen LogP contribution in [0.15, 0.2) is 34.0 Å². The fourth-order valence-corrected chi connectivity index (χ4v) is 0.725. The van der Waals surface area contributed by atoms with Gasteiger partial charge in [-0.15, -0.1) is 10.2 Å². The van der Waals surface area contributed by atoms with Crippen LogP contribution in [0.2, 0.25) is 0 Å². The zero-order valence-corrected chi connectivity index (χ0v) is 4.13. The molecule has 0 aromatic heterocycles. The predicted octanol–water partition coefficient (Wildman–Crippen LogP) is 0.800. The van der Waals surface area contributed by atoms with E-state index in [0.717, 1.165) is 11.3 Å². The van der Waals surface area contributed by atoms with Gasteiger partial charge in [-0.25, -0.2) is 0 Å². The Bertz CT molecular complexity index is 205. The maximum Gasteiger partial charge on any atom is 0.123 e. The zero-order valence-electron chi connectivity index (χ0n) is 4.13. The van der Waals surface area contributed by atoms with E-state index in [1.54, 1.807) is 0 Å². The second-order valence-electron chi connectivity index (χ2n) is 1.64. The molecule has 0 aromatic carbocycles. The molecule has 0 aromatic rings. The first-order chi connectivity index (χ1) is 3.97. The van der Waals surface area contributed by atoms with Crippen molar-refractivity contribution in [2.24, 2.45) is 10.2 Å². The number of fused-ring (bicyclic) bond motifs is 1. The first kappa shape index (κ1) is 3.78. The van der Waals surface area contributed by atoms with E-state index >= 15 is 0 Å². The summed E-state index contributed by atoms with van der Waals surface area (Å²) >= 11 is 0. The maximum atomic E-state index is 3.77. The van der Waals surface area contributed by atoms with Crippen LogP contribution in [0.3, 0.4) is 0 Å². The van der Waals surface area contributed by atoms with E-state index in [0.29, 0.717) is 0 Å². The molecular formula is C6H3N2. The third kappa shape index (κ3) is 0.320. The number of nitrogens with zero attached hydrogens (tertiary/aromatic N) is 2. The van der Waals surface area contributed by atoms with Gasteiger partial charge in [-0.05, 0) is 6.08 Å². The third-order valence-electron chi connectivity index (χ3n) is 1.12. The van der Waals surface area contributed by atoms with Crippen molar-refractivity contribution in [2.75, 3.05) is 0 Å². The summed E-state index contributed by atoms with van der Waals surface area (Å²) < 4.78 is 0. The second kappa shape index (κ2) is 1.15. The lowest BCUT2D eigenvalue weighted by atomic mass is 10.2. The van der Waals surface area contributed by atoms with Crippen molar-refractivity contribution in [3.05, 3.63) is 23.8 Å². The Labute approximate surface area is 46.9 Å². The van der Waals surface area contributed by atoms with Gasteiger partial charge in [0.25, 0.3) is 0 Å². The van der Waals surface area contributed by atoms with Crippen molar-refractivity contribution in [1.29, 1.82) is 0 Å². The number of hydrogen-bond acceptors (Lipinski definition) is 2. The van der Waals surface area contributed by atoms with Crippen LogP contribution in [-0.4, -0.2) is 11.9 Å². The summed E-state index contributed by atoms with van der Waals surface area (Å²) in [5.74, 6) is 0. The maximum absolute atomic E-state index is 3.77. The van der Waals surface area contributed by atoms with Crippen LogP contribution in [0, 0.1) is 0 Å². The molecule has 37 valence electrons. The fraction of sp³-hybridized carbons (Fsp3) is 0. The minimum Gasteiger partial charge on any atom is -0.150 e. The lowest BCUT2D eigenvalue weighted by Crippen LogP contribution is -1.88. The molecule has 8 heavy (non-hydrogen) atoms. The van der Waals surface area contributed by atoms with Gasteiger partial charge in [-0.3, -0.25) is 0 Å². The topological polar surface area (TPSA) is 24.7 Å². The van der Waals surface area contributed by atoms with E-state index in [1.807, 2.05) is 18.2 Å². The van der Waals surface area contributed by atoms with Crippen molar-refractivity contribution >= 4 is 11.9 Å². The van der Waals surface area contributed by atoms with Crippen molar-refractivity contribution in [1.82, 2.24) is 0 Å². The van der Waals surface area contributed by atoms with E-state index in [2.05, 4.69) is 16.4 Å². The molecule has 1 heterocycles. The smallest absolute Gasteiger partial charge is 0.123 e. The molecule has 0 unspecified atom stereocenters. The van der Waals surface area contributed by atoms with Crippen molar-refractivity contribution in [3.8, 4) is 0 Å². The van der Waals surface area contributed by atoms with Gasteiger partial charge < -0.3 is 0 Å². The average Bonchev–Trinajstić information content (AvgIpc) is 2.15. The van der Waals surface area contributed by atoms with E-state index in [4.69, 9.17) is 0 Å². The molecule has 0 fully saturated rings. The summed E-state index contributed by atoms with van der Waals surface area (Å²) in [6.07, 6.45) is 8.53. The quantitative estimate of drug-likeness (QED) is 0.433. The number of allylic oxidation sites excluding steroid dienone is 4. The van der Waals surface area contributed by atoms with E-state index < -0.39 is 0 Å². The van der Waals surface area contributed by atoms with Gasteiger partial charge in [0.05, 0.1) is 5.71 Å². The molecule has 0 spiro atoms. The van der Waals surface area contributed by atoms with E-state index in [1.165, 1.54) is 0 Å². The molecule has 1 radical (unpaired) electrons. The van der Waals surface area contributed by atoms with Gasteiger partial charge >= 0.3 is 0 Å². The normalized spacial score (nSPS) is 21.0. The molecule has 0 saturated carbocycles. The van der Waals surface area contributed by atoms with Crippen LogP contribution in [0.5, 0.6) is 0 Å². The summed E-state index contributed by atoms with van der Waals surface area (Å²) in [5, 5.41) is 7.36. The van der Waals surface area contributed by atoms with Gasteiger partial charge in [0.1, 0.15) is 6.21 Å². The van der Waals surface area contributed by atoms with Gasteiger partial charge in [0.15, 0.2) is 0 Å². The van der Waals surface area contributed by atoms with Crippen LogP contribution >= 0.6 is 0 Å². The summed E-state index contributed by atoms with van der Waals surface area (Å²) in [6.45, 7) is 0. The minimum atomic E-state index is 0.935. The summed E-state index contributed by atoms with van der Waals surface area (Å²) in [5.41, 5.74) is 1.94. The van der Waals surface area contributed by atoms with E-state index in [9.17, 15) is 0 Å². The van der Waals surface area contributed by atoms with Crippen molar-refractivity contribution in [3.63, 3.8) is 0 Å². The Balaban J connectivity index is 2.59. The number of hydrogen-bond donors (Lipinski definition) is 0. The molecule has 0 atom stereocenters. The van der Waals surface area contributed by atoms with E-state index in [-0.39, 0.29) is 0 Å². The van der Waals surface area contributed by atoms with Crippen LogP contribution in [-0.2, 0) is 0 Å². The molecule has 0 saturated heterocycles. The molecule has 2 nitrogen and oxygen atoms in total. The third-order valence-corrected chi connectivity index (χ3v) is 1.12. The highest BCUT2D eigenvalue weighted by Crippen LogP contribution is 2.10. The molecule has 1 aliphatic carbocycles. The first-order valence-corrected chi connectivity index (χ1v) is 2.39. The molecule has 0 bridgehead atoms. The van der Waals surface area contributed by atoms with Gasteiger partial charge in [-0.1, -0.05) is 12.2 Å². The Kier molecular flexibility index (Phi) is 0.545. The van der Waals surface area contributed by atoms with Crippen LogP contribution in [0.25, 0.3) is 0 Å². The summed E-state index contributed by atoms with van der Waals surface area (Å²) in [7, 11) is 0. The number of rotatable bonds is 0. The molecular weight excluding hydrogens is 100 g/mol. The highest BCUT2D eigenvalue weighted by atomic mass is 15.2. The molecule has 2 aliphatic rings. The van der Waals surface area contributed by atoms with Gasteiger partial charge in [0.2, 0.25) is 0 Å². The molecule has 1 aliphatic heterocycles. The van der Waals surface area contributed by atoms with Crippen LogP contribution in [0.4, 0.5) is 0 Å². The Morgan fingerprint density at radius 3 is 3.38 bits per heavy atom. The average molecular weight is 103 g/mol. The van der Waals surface area contributed by atoms with Gasteiger partial charge in [0, 0.05) is 5.57 Å². The Hall–Kier alpha value is -1.18. The molecule has 0 N–H and O–H groups in total. The second-order valence-corrected chi connectivity index (χ2v) is 1.64. The van der Waals surface area contributed by atoms with Crippen LogP contribution < -0.4 is 0 Å². The zero-order chi connectivity index (χ0) is 5.40. The fourth-order valence-electron chi connectivity index (χ4n) is 0.725. The first-order valence-electron chi connectivity index (χ1n) is 2.39. The predicted molar refractivity (Wildman–Crippen MR) is 32.1 cm³/mol. The largest absolute Gasteiger partial charge is 0.150 e. The molecule has 2 rings (SSSR count). The van der Waals surface area contributed by atoms with Crippen molar-refractivity contribution in [2.45, 2.75) is 0 Å². The minimum absolute atomic E-state index is 0.935. The lowest BCUT2D eigenvalue weighted by Gasteiger charge is -1.78. The molecule has 0 amide bonds. The molecule has 2 heteroatoms. The van der Waals surface area contributed by atoms with Gasteiger partial charge in [-0.2, -0.15) is 0 Å². The Morgan fingerprint density at radius 1 is 1.50 bits per heavy atom. The highest BCUT2D eigenvalue weighted by Gasteiger charge is 2.09. The SMILES string of the molecule is [C]1=NN=C2C=CC=C12. The monoisotopic (exact) mass is 103 g/mol. The van der Waals surface area contributed by atoms with Crippen LogP contribution in [0.1, 0.15) is 0 Å².